The fourth-order valence-electron chi connectivity index (χ4n) is 4.07. The summed E-state index contributed by atoms with van der Waals surface area (Å²) in [5, 5.41) is 3.40. The van der Waals surface area contributed by atoms with Crippen LogP contribution in [0, 0.1) is 5.92 Å². The molecule has 2 aliphatic rings. The van der Waals surface area contributed by atoms with Crippen LogP contribution in [0.25, 0.3) is 0 Å². The molecule has 1 atom stereocenters. The predicted molar refractivity (Wildman–Crippen MR) is 86.8 cm³/mol. The highest BCUT2D eigenvalue weighted by atomic mass is 19.3. The second-order valence-electron chi connectivity index (χ2n) is 6.58. The van der Waals surface area contributed by atoms with Crippen LogP contribution in [0.2, 0.25) is 0 Å². The fourth-order valence-corrected chi connectivity index (χ4v) is 4.07. The second kappa shape index (κ2) is 8.06. The number of nitrogens with zero attached hydrogens (tertiary/aromatic N) is 1. The number of halogens is 2. The van der Waals surface area contributed by atoms with Crippen molar-refractivity contribution in [2.24, 2.45) is 5.92 Å². The topological polar surface area (TPSA) is 24.5 Å². The van der Waals surface area contributed by atoms with Crippen molar-refractivity contribution in [1.82, 2.24) is 10.2 Å². The molecular formula is C18H26F2N2O. The standard InChI is InChI=1S/C18H26F2N2O/c19-18(20)23-16-8-4-7-15(13-16)17(14-5-2-1-3-6-14)22-11-9-21-10-12-22/h4,7-8,13-14,17-18,21H,1-3,5-6,9-12H2/t17-/m0/s1. The lowest BCUT2D eigenvalue weighted by atomic mass is 9.80. The van der Waals surface area contributed by atoms with Gasteiger partial charge < -0.3 is 10.1 Å². The van der Waals surface area contributed by atoms with Crippen molar-refractivity contribution in [3.8, 4) is 5.75 Å². The molecule has 1 saturated heterocycles. The van der Waals surface area contributed by atoms with Crippen molar-refractivity contribution in [1.29, 1.82) is 0 Å². The van der Waals surface area contributed by atoms with Crippen LogP contribution in [-0.2, 0) is 0 Å². The first-order valence-corrected chi connectivity index (χ1v) is 8.73. The third-order valence-corrected chi connectivity index (χ3v) is 5.07. The zero-order valence-corrected chi connectivity index (χ0v) is 13.5. The van der Waals surface area contributed by atoms with Gasteiger partial charge in [-0.05, 0) is 36.5 Å². The van der Waals surface area contributed by atoms with Gasteiger partial charge in [0.25, 0.3) is 0 Å². The summed E-state index contributed by atoms with van der Waals surface area (Å²) in [7, 11) is 0. The highest BCUT2D eigenvalue weighted by Crippen LogP contribution is 2.39. The van der Waals surface area contributed by atoms with Crippen molar-refractivity contribution in [3.63, 3.8) is 0 Å². The summed E-state index contributed by atoms with van der Waals surface area (Å²) in [6, 6.07) is 7.65. The van der Waals surface area contributed by atoms with Crippen LogP contribution < -0.4 is 10.1 Å². The Morgan fingerprint density at radius 3 is 2.52 bits per heavy atom. The largest absolute Gasteiger partial charge is 0.435 e. The highest BCUT2D eigenvalue weighted by Gasteiger charge is 2.31. The summed E-state index contributed by atoms with van der Waals surface area (Å²) in [4.78, 5) is 2.52. The van der Waals surface area contributed by atoms with E-state index in [4.69, 9.17) is 0 Å². The molecule has 0 spiro atoms. The first-order chi connectivity index (χ1) is 11.2. The Bertz CT molecular complexity index is 468. The quantitative estimate of drug-likeness (QED) is 0.891. The Morgan fingerprint density at radius 1 is 1.09 bits per heavy atom. The molecule has 128 valence electrons. The molecule has 0 bridgehead atoms. The van der Waals surface area contributed by atoms with Gasteiger partial charge in [0, 0.05) is 32.2 Å². The Labute approximate surface area is 137 Å². The van der Waals surface area contributed by atoms with Gasteiger partial charge in [0.1, 0.15) is 5.75 Å². The van der Waals surface area contributed by atoms with Gasteiger partial charge in [-0.3, -0.25) is 4.90 Å². The van der Waals surface area contributed by atoms with Gasteiger partial charge in [0.05, 0.1) is 0 Å². The Balaban J connectivity index is 1.84. The molecule has 5 heteroatoms. The molecule has 1 aromatic rings. The first-order valence-electron chi connectivity index (χ1n) is 8.73. The minimum absolute atomic E-state index is 0.272. The highest BCUT2D eigenvalue weighted by molar-refractivity contribution is 5.31. The smallest absolute Gasteiger partial charge is 0.387 e. The predicted octanol–water partition coefficient (Wildman–Crippen LogP) is 3.81. The SMILES string of the molecule is FC(F)Oc1cccc([C@H](C2CCCCC2)N2CCNCC2)c1. The summed E-state index contributed by atoms with van der Waals surface area (Å²) in [5.74, 6) is 0.886. The van der Waals surface area contributed by atoms with Crippen LogP contribution in [0.4, 0.5) is 8.78 Å². The molecule has 0 unspecified atom stereocenters. The van der Waals surface area contributed by atoms with Crippen LogP contribution in [-0.4, -0.2) is 37.7 Å². The van der Waals surface area contributed by atoms with Crippen molar-refractivity contribution in [2.45, 2.75) is 44.8 Å². The first kappa shape index (κ1) is 16.7. The maximum absolute atomic E-state index is 12.5. The molecular weight excluding hydrogens is 298 g/mol. The maximum Gasteiger partial charge on any atom is 0.387 e. The molecule has 1 heterocycles. The van der Waals surface area contributed by atoms with E-state index in [-0.39, 0.29) is 5.75 Å². The molecule has 3 rings (SSSR count). The molecule has 1 saturated carbocycles. The maximum atomic E-state index is 12.5. The lowest BCUT2D eigenvalue weighted by molar-refractivity contribution is -0.0499. The number of rotatable bonds is 5. The summed E-state index contributed by atoms with van der Waals surface area (Å²) >= 11 is 0. The van der Waals surface area contributed by atoms with Gasteiger partial charge in [-0.25, -0.2) is 0 Å². The van der Waals surface area contributed by atoms with Crippen molar-refractivity contribution in [3.05, 3.63) is 29.8 Å². The average molecular weight is 324 g/mol. The number of benzene rings is 1. The van der Waals surface area contributed by atoms with E-state index in [1.807, 2.05) is 12.1 Å². The number of nitrogens with one attached hydrogen (secondary N) is 1. The Hall–Kier alpha value is -1.20. The minimum Gasteiger partial charge on any atom is -0.435 e. The fraction of sp³-hybridized carbons (Fsp3) is 0.667. The molecule has 2 fully saturated rings. The third-order valence-electron chi connectivity index (χ3n) is 5.07. The lowest BCUT2D eigenvalue weighted by Gasteiger charge is -2.41. The van der Waals surface area contributed by atoms with Crippen LogP contribution in [0.1, 0.15) is 43.7 Å². The molecule has 0 aromatic heterocycles. The number of alkyl halides is 2. The van der Waals surface area contributed by atoms with Crippen LogP contribution >= 0.6 is 0 Å². The van der Waals surface area contributed by atoms with Gasteiger partial charge in [0.2, 0.25) is 0 Å². The number of piperazine rings is 1. The normalized spacial score (nSPS) is 22.2. The van der Waals surface area contributed by atoms with E-state index in [1.54, 1.807) is 6.07 Å². The van der Waals surface area contributed by atoms with E-state index in [0.717, 1.165) is 31.7 Å². The monoisotopic (exact) mass is 324 g/mol. The zero-order chi connectivity index (χ0) is 16.1. The van der Waals surface area contributed by atoms with Gasteiger partial charge in [-0.2, -0.15) is 8.78 Å². The summed E-state index contributed by atoms with van der Waals surface area (Å²) < 4.78 is 29.7. The molecule has 1 aromatic carbocycles. The number of ether oxygens (including phenoxy) is 1. The number of hydrogen-bond acceptors (Lipinski definition) is 3. The average Bonchev–Trinajstić information content (AvgIpc) is 2.57. The van der Waals surface area contributed by atoms with Crippen molar-refractivity contribution < 1.29 is 13.5 Å². The zero-order valence-electron chi connectivity index (χ0n) is 13.5. The van der Waals surface area contributed by atoms with Crippen molar-refractivity contribution >= 4 is 0 Å². The molecule has 1 aliphatic heterocycles. The third kappa shape index (κ3) is 4.42. The summed E-state index contributed by atoms with van der Waals surface area (Å²) in [6.07, 6.45) is 6.34. The van der Waals surface area contributed by atoms with Crippen LogP contribution in [0.5, 0.6) is 5.75 Å². The van der Waals surface area contributed by atoms with Gasteiger partial charge in [-0.1, -0.05) is 31.4 Å². The van der Waals surface area contributed by atoms with E-state index >= 15 is 0 Å². The molecule has 3 nitrogen and oxygen atoms in total. The van der Waals surface area contributed by atoms with Crippen LogP contribution in [0.15, 0.2) is 24.3 Å². The van der Waals surface area contributed by atoms with E-state index in [2.05, 4.69) is 21.0 Å². The number of hydrogen-bond donors (Lipinski definition) is 1. The minimum atomic E-state index is -2.77. The second-order valence-corrected chi connectivity index (χ2v) is 6.58. The van der Waals surface area contributed by atoms with E-state index in [1.165, 1.54) is 32.1 Å². The molecule has 23 heavy (non-hydrogen) atoms. The Morgan fingerprint density at radius 2 is 1.83 bits per heavy atom. The Kier molecular flexibility index (Phi) is 5.84. The van der Waals surface area contributed by atoms with Gasteiger partial charge in [0.15, 0.2) is 0 Å². The summed E-state index contributed by atoms with van der Waals surface area (Å²) in [6.45, 7) is 1.26. The van der Waals surface area contributed by atoms with Gasteiger partial charge >= 0.3 is 6.61 Å². The van der Waals surface area contributed by atoms with Crippen LogP contribution in [0.3, 0.4) is 0 Å². The van der Waals surface area contributed by atoms with Gasteiger partial charge in [-0.15, -0.1) is 0 Å². The molecule has 1 N–H and O–H groups in total. The van der Waals surface area contributed by atoms with Crippen molar-refractivity contribution in [2.75, 3.05) is 26.2 Å². The molecule has 1 aliphatic carbocycles. The van der Waals surface area contributed by atoms with E-state index in [0.29, 0.717) is 12.0 Å². The molecule has 0 amide bonds. The molecule has 0 radical (unpaired) electrons. The van der Waals surface area contributed by atoms with E-state index < -0.39 is 6.61 Å². The lowest BCUT2D eigenvalue weighted by Crippen LogP contribution is -2.47. The van der Waals surface area contributed by atoms with E-state index in [9.17, 15) is 8.78 Å². The summed E-state index contributed by atoms with van der Waals surface area (Å²) in [5.41, 5.74) is 1.12.